The smallest absolute Gasteiger partial charge is 0.160 e. The quantitative estimate of drug-likeness (QED) is 0.152. The number of thiophene rings is 1. The predicted octanol–water partition coefficient (Wildman–Crippen LogP) is 17.2. The number of fused-ring (bicyclic) bond motifs is 6. The molecule has 2 heterocycles. The monoisotopic (exact) mass is 882 g/mol. The molecular weight excluding hydrogens is 841 g/mol. The molecule has 1 aliphatic rings. The first-order valence-corrected chi connectivity index (χ1v) is 24.0. The van der Waals surface area contributed by atoms with Gasteiger partial charge in [-0.2, -0.15) is 0 Å². The second kappa shape index (κ2) is 16.4. The number of hydrogen-bond acceptors (Lipinski definition) is 3. The van der Waals surface area contributed by atoms with Gasteiger partial charge in [0.2, 0.25) is 0 Å². The summed E-state index contributed by atoms with van der Waals surface area (Å²) in [4.78, 5) is 10.8. The van der Waals surface area contributed by atoms with Crippen LogP contribution in [0.25, 0.3) is 98.6 Å². The van der Waals surface area contributed by atoms with E-state index in [1.807, 2.05) is 17.4 Å². The van der Waals surface area contributed by atoms with Gasteiger partial charge in [-0.05, 0) is 97.6 Å². The molecule has 0 unspecified atom stereocenters. The molecule has 0 radical (unpaired) electrons. The fourth-order valence-corrected chi connectivity index (χ4v) is 11.9. The minimum absolute atomic E-state index is 0.464. The normalized spacial score (nSPS) is 12.5. The summed E-state index contributed by atoms with van der Waals surface area (Å²) in [6.07, 6.45) is 0. The lowest BCUT2D eigenvalue weighted by Crippen LogP contribution is -2.28. The van der Waals surface area contributed by atoms with Crippen molar-refractivity contribution in [2.24, 2.45) is 0 Å². The Kier molecular flexibility index (Phi) is 9.62. The zero-order chi connectivity index (χ0) is 45.0. The second-order valence-electron chi connectivity index (χ2n) is 17.6. The number of benzene rings is 10. The van der Waals surface area contributed by atoms with Gasteiger partial charge in [0.05, 0.1) is 16.8 Å². The van der Waals surface area contributed by atoms with Crippen molar-refractivity contribution in [1.82, 2.24) is 9.97 Å². The third-order valence-electron chi connectivity index (χ3n) is 13.8. The Morgan fingerprint density at radius 1 is 0.294 bits per heavy atom. The van der Waals surface area contributed by atoms with Crippen LogP contribution in [0, 0.1) is 0 Å². The first kappa shape index (κ1) is 39.8. The molecule has 0 saturated carbocycles. The first-order chi connectivity index (χ1) is 33.7. The van der Waals surface area contributed by atoms with E-state index in [4.69, 9.17) is 9.97 Å². The maximum absolute atomic E-state index is 5.41. The summed E-state index contributed by atoms with van der Waals surface area (Å²) >= 11 is 1.85. The number of rotatable bonds is 8. The average Bonchev–Trinajstić information content (AvgIpc) is 3.95. The van der Waals surface area contributed by atoms with Gasteiger partial charge in [-0.25, -0.2) is 9.97 Å². The zero-order valence-electron chi connectivity index (χ0n) is 37.1. The van der Waals surface area contributed by atoms with Crippen LogP contribution in [0.1, 0.15) is 22.3 Å². The van der Waals surface area contributed by atoms with Crippen molar-refractivity contribution in [2.75, 3.05) is 0 Å². The van der Waals surface area contributed by atoms with Crippen molar-refractivity contribution in [3.8, 4) is 78.4 Å². The van der Waals surface area contributed by atoms with Gasteiger partial charge in [0.15, 0.2) is 5.82 Å². The SMILES string of the molecule is c1ccc(-c2cc(-c3ccc4c(c3)-c3ccccc3C4(c3ccccc3)c3ccccc3)cc(-c3cc(-c4ccccc4-c4cccc5c4sc4ccccc45)nc(-c4ccccc4)n3)c2)cc1. The maximum Gasteiger partial charge on any atom is 0.160 e. The van der Waals surface area contributed by atoms with Crippen LogP contribution in [-0.4, -0.2) is 9.97 Å². The predicted molar refractivity (Wildman–Crippen MR) is 285 cm³/mol. The molecule has 10 aromatic carbocycles. The van der Waals surface area contributed by atoms with E-state index in [9.17, 15) is 0 Å². The second-order valence-corrected chi connectivity index (χ2v) is 18.7. The Balaban J connectivity index is 1.02. The van der Waals surface area contributed by atoms with Gasteiger partial charge in [-0.15, -0.1) is 11.3 Å². The highest BCUT2D eigenvalue weighted by molar-refractivity contribution is 7.26. The van der Waals surface area contributed by atoms with E-state index in [0.717, 1.165) is 55.9 Å². The van der Waals surface area contributed by atoms with Gasteiger partial charge in [0.25, 0.3) is 0 Å². The van der Waals surface area contributed by atoms with Crippen molar-refractivity contribution in [1.29, 1.82) is 0 Å². The zero-order valence-corrected chi connectivity index (χ0v) is 37.9. The fraction of sp³-hybridized carbons (Fsp3) is 0.0154. The highest BCUT2D eigenvalue weighted by atomic mass is 32.1. The van der Waals surface area contributed by atoms with Crippen molar-refractivity contribution < 1.29 is 0 Å². The van der Waals surface area contributed by atoms with Crippen LogP contribution < -0.4 is 0 Å². The molecule has 2 nitrogen and oxygen atoms in total. The molecular formula is C65H42N2S. The molecule has 318 valence electrons. The highest BCUT2D eigenvalue weighted by Crippen LogP contribution is 2.57. The largest absolute Gasteiger partial charge is 0.228 e. The summed E-state index contributed by atoms with van der Waals surface area (Å²) in [6, 6.07) is 92.4. The van der Waals surface area contributed by atoms with Gasteiger partial charge in [0, 0.05) is 42.4 Å². The van der Waals surface area contributed by atoms with E-state index in [-0.39, 0.29) is 0 Å². The fourth-order valence-electron chi connectivity index (χ4n) is 10.7. The van der Waals surface area contributed by atoms with Gasteiger partial charge < -0.3 is 0 Å². The van der Waals surface area contributed by atoms with Crippen LogP contribution in [0.5, 0.6) is 0 Å². The van der Waals surface area contributed by atoms with E-state index >= 15 is 0 Å². The van der Waals surface area contributed by atoms with Gasteiger partial charge in [-0.3, -0.25) is 0 Å². The molecule has 12 aromatic rings. The molecule has 13 rings (SSSR count). The van der Waals surface area contributed by atoms with E-state index in [1.54, 1.807) is 0 Å². The van der Waals surface area contributed by atoms with Crippen LogP contribution in [-0.2, 0) is 5.41 Å². The molecule has 68 heavy (non-hydrogen) atoms. The molecule has 0 atom stereocenters. The number of aromatic nitrogens is 2. The van der Waals surface area contributed by atoms with Crippen LogP contribution in [0.15, 0.2) is 255 Å². The molecule has 0 spiro atoms. The average molecular weight is 883 g/mol. The van der Waals surface area contributed by atoms with Crippen LogP contribution >= 0.6 is 11.3 Å². The molecule has 3 heteroatoms. The summed E-state index contributed by atoms with van der Waals surface area (Å²) in [6.45, 7) is 0. The number of nitrogens with zero attached hydrogens (tertiary/aromatic N) is 2. The summed E-state index contributed by atoms with van der Waals surface area (Å²) in [5.41, 5.74) is 18.8. The first-order valence-electron chi connectivity index (χ1n) is 23.2. The van der Waals surface area contributed by atoms with Gasteiger partial charge >= 0.3 is 0 Å². The van der Waals surface area contributed by atoms with E-state index in [1.165, 1.54) is 59.1 Å². The standard InChI is InChI=1S/C65H42N2S/c1-5-20-43(21-6-1)46-38-47(45-36-37-59-57(41-45)52-29-15-17-34-58(52)65(59,49-24-9-3-10-25-49)50-26-11-4-12-27-50)40-48(39-46)60-42-61(67-64(66-60)44-22-7-2-8-23-44)53-30-14-13-28-51(53)55-32-19-33-56-54-31-16-18-35-62(54)68-63(55)56/h1-42H. The molecule has 0 saturated heterocycles. The lowest BCUT2D eigenvalue weighted by molar-refractivity contribution is 0.768. The van der Waals surface area contributed by atoms with Crippen LogP contribution in [0.3, 0.4) is 0 Å². The highest BCUT2D eigenvalue weighted by Gasteiger charge is 2.46. The Hall–Kier alpha value is -8.50. The maximum atomic E-state index is 5.41. The van der Waals surface area contributed by atoms with E-state index in [0.29, 0.717) is 5.82 Å². The molecule has 0 N–H and O–H groups in total. The Morgan fingerprint density at radius 2 is 0.824 bits per heavy atom. The van der Waals surface area contributed by atoms with Crippen molar-refractivity contribution >= 4 is 31.5 Å². The third-order valence-corrected chi connectivity index (χ3v) is 15.0. The minimum Gasteiger partial charge on any atom is -0.228 e. The topological polar surface area (TPSA) is 25.8 Å². The lowest BCUT2D eigenvalue weighted by atomic mass is 9.67. The third kappa shape index (κ3) is 6.54. The summed E-state index contributed by atoms with van der Waals surface area (Å²) in [5, 5.41) is 2.56. The molecule has 0 bridgehead atoms. The Morgan fingerprint density at radius 3 is 1.56 bits per heavy atom. The summed E-state index contributed by atoms with van der Waals surface area (Å²) in [7, 11) is 0. The lowest BCUT2D eigenvalue weighted by Gasteiger charge is -2.33. The van der Waals surface area contributed by atoms with Crippen molar-refractivity contribution in [3.05, 3.63) is 277 Å². The summed E-state index contributed by atoms with van der Waals surface area (Å²) < 4.78 is 2.57. The van der Waals surface area contributed by atoms with Crippen molar-refractivity contribution in [3.63, 3.8) is 0 Å². The van der Waals surface area contributed by atoms with Crippen LogP contribution in [0.4, 0.5) is 0 Å². The van der Waals surface area contributed by atoms with Gasteiger partial charge in [-0.1, -0.05) is 218 Å². The van der Waals surface area contributed by atoms with E-state index < -0.39 is 5.41 Å². The number of hydrogen-bond donors (Lipinski definition) is 0. The minimum atomic E-state index is -0.464. The van der Waals surface area contributed by atoms with Gasteiger partial charge in [0.1, 0.15) is 0 Å². The molecule has 2 aromatic heterocycles. The Labute approximate surface area is 400 Å². The van der Waals surface area contributed by atoms with Crippen molar-refractivity contribution in [2.45, 2.75) is 5.41 Å². The van der Waals surface area contributed by atoms with E-state index in [2.05, 4.69) is 249 Å². The summed E-state index contributed by atoms with van der Waals surface area (Å²) in [5.74, 6) is 0.687. The van der Waals surface area contributed by atoms with Crippen LogP contribution in [0.2, 0.25) is 0 Å². The molecule has 0 fully saturated rings. The Bertz CT molecular complexity index is 3800. The molecule has 1 aliphatic carbocycles. The molecule has 0 aliphatic heterocycles. The molecule has 0 amide bonds.